The Morgan fingerprint density at radius 3 is 2.78 bits per heavy atom. The summed E-state index contributed by atoms with van der Waals surface area (Å²) in [5.74, 6) is 0.517. The van der Waals surface area contributed by atoms with Gasteiger partial charge in [0.15, 0.2) is 5.13 Å². The smallest absolute Gasteiger partial charge is 0.228 e. The van der Waals surface area contributed by atoms with E-state index in [0.29, 0.717) is 11.0 Å². The van der Waals surface area contributed by atoms with Gasteiger partial charge >= 0.3 is 0 Å². The quantitative estimate of drug-likeness (QED) is 0.757. The van der Waals surface area contributed by atoms with Gasteiger partial charge in [0, 0.05) is 17.4 Å². The van der Waals surface area contributed by atoms with Crippen molar-refractivity contribution in [1.82, 2.24) is 15.0 Å². The molecule has 3 rings (SSSR count). The molecule has 0 fully saturated rings. The molecule has 0 saturated carbocycles. The first-order valence-electron chi connectivity index (χ1n) is 5.01. The van der Waals surface area contributed by atoms with Gasteiger partial charge in [0.25, 0.3) is 0 Å². The minimum absolute atomic E-state index is 0.517. The summed E-state index contributed by atoms with van der Waals surface area (Å²) in [5, 5.41) is 4.51. The van der Waals surface area contributed by atoms with Gasteiger partial charge in [-0.15, -0.1) is 0 Å². The first kappa shape index (κ1) is 11.8. The van der Waals surface area contributed by atoms with Crippen molar-refractivity contribution in [3.8, 4) is 0 Å². The Morgan fingerprint density at radius 1 is 1.22 bits per heavy atom. The molecule has 1 aromatic carbocycles. The highest BCUT2D eigenvalue weighted by Crippen LogP contribution is 2.29. The zero-order valence-electron chi connectivity index (χ0n) is 8.89. The third-order valence-corrected chi connectivity index (χ3v) is 3.77. The fraction of sp³-hybridized carbons (Fsp3) is 0. The van der Waals surface area contributed by atoms with Crippen molar-refractivity contribution in [2.75, 3.05) is 5.32 Å². The maximum absolute atomic E-state index is 5.93. The lowest BCUT2D eigenvalue weighted by Gasteiger charge is -1.98. The number of nitrogens with zero attached hydrogens (tertiary/aromatic N) is 3. The predicted molar refractivity (Wildman–Crippen MR) is 77.6 cm³/mol. The van der Waals surface area contributed by atoms with Crippen molar-refractivity contribution in [3.05, 3.63) is 40.1 Å². The molecule has 4 nitrogen and oxygen atoms in total. The minimum atomic E-state index is 0.517. The van der Waals surface area contributed by atoms with E-state index in [0.717, 1.165) is 19.8 Å². The second kappa shape index (κ2) is 4.79. The zero-order valence-corrected chi connectivity index (χ0v) is 12.1. The van der Waals surface area contributed by atoms with E-state index in [1.54, 1.807) is 12.4 Å². The molecule has 3 aromatic rings. The second-order valence-corrected chi connectivity index (χ2v) is 5.86. The van der Waals surface area contributed by atoms with E-state index in [4.69, 9.17) is 11.6 Å². The molecule has 0 amide bonds. The summed E-state index contributed by atoms with van der Waals surface area (Å²) in [4.78, 5) is 12.7. The molecule has 0 aliphatic rings. The zero-order chi connectivity index (χ0) is 12.5. The standard InChI is InChI=1S/C11H6BrClN4S/c12-6-4-14-10(15-5-6)17-11-16-8-2-1-7(13)3-9(8)18-11/h1-5H,(H,14,15,16,17). The van der Waals surface area contributed by atoms with Crippen LogP contribution in [0.25, 0.3) is 10.2 Å². The van der Waals surface area contributed by atoms with Crippen molar-refractivity contribution in [3.63, 3.8) is 0 Å². The topological polar surface area (TPSA) is 50.7 Å². The van der Waals surface area contributed by atoms with Crippen LogP contribution in [0.5, 0.6) is 0 Å². The molecule has 0 spiro atoms. The number of anilines is 2. The van der Waals surface area contributed by atoms with Crippen molar-refractivity contribution >= 4 is 60.2 Å². The fourth-order valence-corrected chi connectivity index (χ4v) is 2.76. The summed E-state index contributed by atoms with van der Waals surface area (Å²) in [6.45, 7) is 0. The molecule has 1 N–H and O–H groups in total. The largest absolute Gasteiger partial charge is 0.300 e. The van der Waals surface area contributed by atoms with Crippen LogP contribution < -0.4 is 5.32 Å². The van der Waals surface area contributed by atoms with Crippen LogP contribution in [0.2, 0.25) is 5.02 Å². The summed E-state index contributed by atoms with van der Waals surface area (Å²) < 4.78 is 1.87. The molecule has 7 heteroatoms. The number of thiazole rings is 1. The Hall–Kier alpha value is -1.24. The lowest BCUT2D eigenvalue weighted by atomic mass is 10.3. The third kappa shape index (κ3) is 2.45. The molecule has 90 valence electrons. The molecule has 2 heterocycles. The number of hydrogen-bond donors (Lipinski definition) is 1. The first-order chi connectivity index (χ1) is 8.70. The molecular formula is C11H6BrClN4S. The Kier molecular flexibility index (Phi) is 3.15. The molecule has 0 bridgehead atoms. The summed E-state index contributed by atoms with van der Waals surface area (Å²) in [6, 6.07) is 5.60. The SMILES string of the molecule is Clc1ccc2nc(Nc3ncc(Br)cn3)sc2c1. The molecule has 18 heavy (non-hydrogen) atoms. The van der Waals surface area contributed by atoms with Crippen LogP contribution in [-0.4, -0.2) is 15.0 Å². The number of halogens is 2. The Bertz CT molecular complexity index is 698. The molecule has 2 aromatic heterocycles. The van der Waals surface area contributed by atoms with Gasteiger partial charge in [-0.1, -0.05) is 22.9 Å². The van der Waals surface area contributed by atoms with Crippen LogP contribution in [0.1, 0.15) is 0 Å². The van der Waals surface area contributed by atoms with Crippen molar-refractivity contribution in [2.24, 2.45) is 0 Å². The van der Waals surface area contributed by atoms with Gasteiger partial charge in [0.05, 0.1) is 14.7 Å². The van der Waals surface area contributed by atoms with Crippen molar-refractivity contribution in [1.29, 1.82) is 0 Å². The van der Waals surface area contributed by atoms with Crippen LogP contribution in [-0.2, 0) is 0 Å². The third-order valence-electron chi connectivity index (χ3n) is 2.19. The van der Waals surface area contributed by atoms with Gasteiger partial charge in [-0.05, 0) is 34.1 Å². The van der Waals surface area contributed by atoms with E-state index >= 15 is 0 Å². The maximum Gasteiger partial charge on any atom is 0.228 e. The van der Waals surface area contributed by atoms with Gasteiger partial charge in [0.1, 0.15) is 0 Å². The second-order valence-electron chi connectivity index (χ2n) is 3.48. The summed E-state index contributed by atoms with van der Waals surface area (Å²) in [7, 11) is 0. The van der Waals surface area contributed by atoms with Crippen molar-refractivity contribution in [2.45, 2.75) is 0 Å². The number of fused-ring (bicyclic) bond motifs is 1. The van der Waals surface area contributed by atoms with E-state index in [1.165, 1.54) is 11.3 Å². The molecule has 0 aliphatic heterocycles. The molecule has 0 saturated heterocycles. The number of hydrogen-bond acceptors (Lipinski definition) is 5. The Morgan fingerprint density at radius 2 is 2.00 bits per heavy atom. The molecule has 0 unspecified atom stereocenters. The number of rotatable bonds is 2. The van der Waals surface area contributed by atoms with Crippen LogP contribution in [0, 0.1) is 0 Å². The van der Waals surface area contributed by atoms with E-state index < -0.39 is 0 Å². The predicted octanol–water partition coefficient (Wildman–Crippen LogP) is 4.25. The average Bonchev–Trinajstić information content (AvgIpc) is 2.73. The number of aromatic nitrogens is 3. The van der Waals surface area contributed by atoms with Crippen LogP contribution in [0.4, 0.5) is 11.1 Å². The van der Waals surface area contributed by atoms with Crippen LogP contribution >= 0.6 is 38.9 Å². The van der Waals surface area contributed by atoms with Gasteiger partial charge in [-0.25, -0.2) is 15.0 Å². The van der Waals surface area contributed by atoms with Gasteiger partial charge in [0.2, 0.25) is 5.95 Å². The average molecular weight is 342 g/mol. The Balaban J connectivity index is 1.92. The summed E-state index contributed by atoms with van der Waals surface area (Å²) in [6.07, 6.45) is 3.36. The van der Waals surface area contributed by atoms with E-state index in [9.17, 15) is 0 Å². The molecular weight excluding hydrogens is 336 g/mol. The van der Waals surface area contributed by atoms with Crippen LogP contribution in [0.3, 0.4) is 0 Å². The first-order valence-corrected chi connectivity index (χ1v) is 7.00. The number of nitrogens with one attached hydrogen (secondary N) is 1. The van der Waals surface area contributed by atoms with E-state index in [1.807, 2.05) is 18.2 Å². The normalized spacial score (nSPS) is 10.8. The summed E-state index contributed by atoms with van der Waals surface area (Å²) >= 11 is 10.7. The monoisotopic (exact) mass is 340 g/mol. The minimum Gasteiger partial charge on any atom is -0.300 e. The number of benzene rings is 1. The highest BCUT2D eigenvalue weighted by Gasteiger charge is 2.05. The molecule has 0 atom stereocenters. The Labute approximate surface area is 120 Å². The van der Waals surface area contributed by atoms with Crippen LogP contribution in [0.15, 0.2) is 35.1 Å². The summed E-state index contributed by atoms with van der Waals surface area (Å²) in [5.41, 5.74) is 0.906. The highest BCUT2D eigenvalue weighted by atomic mass is 79.9. The highest BCUT2D eigenvalue weighted by molar-refractivity contribution is 9.10. The van der Waals surface area contributed by atoms with Gasteiger partial charge in [-0.3, -0.25) is 0 Å². The fourth-order valence-electron chi connectivity index (χ4n) is 1.42. The lowest BCUT2D eigenvalue weighted by Crippen LogP contribution is -1.95. The van der Waals surface area contributed by atoms with Crippen molar-refractivity contribution < 1.29 is 0 Å². The lowest BCUT2D eigenvalue weighted by molar-refractivity contribution is 1.15. The van der Waals surface area contributed by atoms with E-state index in [2.05, 4.69) is 36.2 Å². The van der Waals surface area contributed by atoms with Gasteiger partial charge in [-0.2, -0.15) is 0 Å². The molecule has 0 radical (unpaired) electrons. The molecule has 0 aliphatic carbocycles. The van der Waals surface area contributed by atoms with Gasteiger partial charge < -0.3 is 5.32 Å². The van der Waals surface area contributed by atoms with E-state index in [-0.39, 0.29) is 0 Å². The maximum atomic E-state index is 5.93.